The van der Waals surface area contributed by atoms with E-state index in [1.165, 1.54) is 27.7 Å². The summed E-state index contributed by atoms with van der Waals surface area (Å²) in [6, 6.07) is 39.2. The number of nitriles is 4. The molecule has 6 rings (SSSR count). The number of carbonyl (C=O) groups excluding carboxylic acids is 4. The summed E-state index contributed by atoms with van der Waals surface area (Å²) in [4.78, 5) is 54.3. The van der Waals surface area contributed by atoms with E-state index < -0.39 is 23.9 Å². The number of nitrogens with zero attached hydrogens (tertiary/aromatic N) is 8. The van der Waals surface area contributed by atoms with Crippen molar-refractivity contribution in [3.63, 3.8) is 0 Å². The molecule has 0 amide bonds. The molecular formula is C72H86Cu4N8O11. The van der Waals surface area contributed by atoms with Crippen LogP contribution in [0, 0.1) is 101 Å². The van der Waals surface area contributed by atoms with Crippen molar-refractivity contribution >= 4 is 71.5 Å². The predicted octanol–water partition coefficient (Wildman–Crippen LogP) is 10.6. The van der Waals surface area contributed by atoms with Crippen LogP contribution >= 0.6 is 0 Å². The normalized spacial score (nSPS) is 9.37. The number of carbonyl (C=O) groups is 4. The van der Waals surface area contributed by atoms with Gasteiger partial charge in [-0.25, -0.2) is 0 Å². The second-order valence-electron chi connectivity index (χ2n) is 21.3. The fourth-order valence-corrected chi connectivity index (χ4v) is 7.17. The van der Waals surface area contributed by atoms with E-state index in [-0.39, 0.29) is 96.1 Å². The van der Waals surface area contributed by atoms with Gasteiger partial charge in [-0.15, -0.1) is 0 Å². The summed E-state index contributed by atoms with van der Waals surface area (Å²) in [5, 5.41) is 91.3. The van der Waals surface area contributed by atoms with E-state index >= 15 is 0 Å². The average Bonchev–Trinajstić information content (AvgIpc) is 0.819. The van der Waals surface area contributed by atoms with E-state index in [0.717, 1.165) is 106 Å². The smallest absolute Gasteiger partial charge is 2.00 e. The van der Waals surface area contributed by atoms with Crippen LogP contribution in [0.5, 0.6) is 11.5 Å². The van der Waals surface area contributed by atoms with E-state index in [1.54, 1.807) is 49.1 Å². The van der Waals surface area contributed by atoms with Crippen molar-refractivity contribution in [3.8, 4) is 35.8 Å². The molecule has 23 heteroatoms. The van der Waals surface area contributed by atoms with E-state index in [1.807, 2.05) is 152 Å². The maximum Gasteiger partial charge on any atom is 2.00 e. The van der Waals surface area contributed by atoms with Gasteiger partial charge in [0, 0.05) is 76.4 Å². The third-order valence-corrected chi connectivity index (χ3v) is 11.1. The van der Waals surface area contributed by atoms with E-state index in [0.29, 0.717) is 22.3 Å². The minimum absolute atomic E-state index is 0. The molecule has 0 saturated heterocycles. The molecule has 0 aromatic heterocycles. The zero-order valence-corrected chi connectivity index (χ0v) is 61.6. The molecule has 4 radical (unpaired) electrons. The molecule has 0 bridgehead atoms. The van der Waals surface area contributed by atoms with Crippen LogP contribution in [0.3, 0.4) is 0 Å². The second-order valence-corrected chi connectivity index (χ2v) is 21.3. The monoisotopic (exact) mass is 1490 g/mol. The summed E-state index contributed by atoms with van der Waals surface area (Å²) >= 11 is 0. The summed E-state index contributed by atoms with van der Waals surface area (Å²) in [5.74, 6) is -4.45. The van der Waals surface area contributed by atoms with Gasteiger partial charge in [0.25, 0.3) is 0 Å². The number of carboxylic acids is 4. The molecule has 19 nitrogen and oxygen atoms in total. The predicted molar refractivity (Wildman–Crippen MR) is 350 cm³/mol. The zero-order valence-electron chi connectivity index (χ0n) is 57.8. The number of benzene rings is 6. The topological polar surface area (TPSA) is 380 Å². The Bertz CT molecular complexity index is 3060. The maximum atomic E-state index is 13.2. The summed E-state index contributed by atoms with van der Waals surface area (Å²) in [7, 11) is 0. The van der Waals surface area contributed by atoms with Crippen LogP contribution in [0.1, 0.15) is 175 Å². The Morgan fingerprint density at radius 3 is 0.579 bits per heavy atom. The summed E-state index contributed by atoms with van der Waals surface area (Å²) in [6.45, 7) is 38.7. The van der Waals surface area contributed by atoms with Crippen LogP contribution in [-0.4, -0.2) is 48.7 Å². The Labute approximate surface area is 605 Å². The fourth-order valence-electron chi connectivity index (χ4n) is 7.17. The zero-order chi connectivity index (χ0) is 70.7. The van der Waals surface area contributed by atoms with Gasteiger partial charge in [0.2, 0.25) is 0 Å². The largest absolute Gasteiger partial charge is 2.00 e. The number of aliphatic carboxylic acids is 4. The molecule has 0 spiro atoms. The second kappa shape index (κ2) is 57.0. The van der Waals surface area contributed by atoms with Crippen molar-refractivity contribution < 1.29 is 124 Å². The van der Waals surface area contributed by atoms with Crippen molar-refractivity contribution in [1.29, 1.82) is 21.0 Å². The van der Waals surface area contributed by atoms with Crippen molar-refractivity contribution in [2.75, 3.05) is 0 Å². The Morgan fingerprint density at radius 2 is 0.474 bits per heavy atom. The standard InChI is InChI=1S/2C28H32N2O.4C2H3N.4C2H4O2.4Cu.O/c2*1-18-10-8-11-19(2)25(18)29-16-22-14-24(28(5,6)7)15-23(27(22)31)17-30-26-20(3)12-9-13-21(26)4;4*1-2-3;4*1-2(3)4;;;;;/h2*8-17,31H,1-7H3;4*1H3;4*1H3,(H,3,4);;;;;/q;;;;;;;;;;4*+2;-2/p-6. The first kappa shape index (κ1) is 105. The first-order valence-corrected chi connectivity index (χ1v) is 27.8. The van der Waals surface area contributed by atoms with Crippen LogP contribution in [0.4, 0.5) is 22.7 Å². The van der Waals surface area contributed by atoms with E-state index in [2.05, 4.69) is 61.5 Å². The Morgan fingerprint density at radius 1 is 0.358 bits per heavy atom. The summed E-state index contributed by atoms with van der Waals surface area (Å²) < 4.78 is 0. The van der Waals surface area contributed by atoms with Gasteiger partial charge in [-0.3, -0.25) is 20.0 Å². The molecule has 0 fully saturated rings. The van der Waals surface area contributed by atoms with Crippen molar-refractivity contribution in [1.82, 2.24) is 0 Å². The van der Waals surface area contributed by atoms with Crippen molar-refractivity contribution in [2.45, 2.75) is 163 Å². The molecule has 0 atom stereocenters. The molecule has 0 unspecified atom stereocenters. The molecule has 0 aliphatic heterocycles. The molecule has 6 aromatic carbocycles. The van der Waals surface area contributed by atoms with Crippen LogP contribution < -0.4 is 30.6 Å². The van der Waals surface area contributed by atoms with Crippen LogP contribution in [0.2, 0.25) is 0 Å². The quantitative estimate of drug-likeness (QED) is 0.101. The number of aliphatic imine (C=N–C) groups is 4. The molecule has 0 aliphatic carbocycles. The Kier molecular flexibility index (Phi) is 63.1. The van der Waals surface area contributed by atoms with Crippen molar-refractivity contribution in [3.05, 3.63) is 175 Å². The molecule has 524 valence electrons. The molecule has 0 N–H and O–H groups in total. The Hall–Kier alpha value is -8.52. The van der Waals surface area contributed by atoms with Gasteiger partial charge in [-0.05, 0) is 172 Å². The SMILES string of the molecule is CC#N.CC#N.CC#N.CC#N.CC(=O)[O-].CC(=O)[O-].CC(=O)[O-].CC(=O)[O-].Cc1cccc(C)c1N=Cc1cc(C(C)(C)C)cc(C=Nc2c(C)cccc2C)c1[O-].Cc1cccc(C)c1N=Cc1cc(C(C)(C)C)cc(C=Nc2c(C)cccc2C)c1[O-].[Cu+2].[Cu+2].[Cu+2].[Cu+2].[O-2]. The van der Waals surface area contributed by atoms with Gasteiger partial charge in [-0.1, -0.05) is 150 Å². The number of hydrogen-bond acceptors (Lipinski definition) is 18. The molecule has 0 heterocycles. The van der Waals surface area contributed by atoms with Gasteiger partial charge in [0.15, 0.2) is 0 Å². The van der Waals surface area contributed by atoms with Crippen LogP contribution in [0.15, 0.2) is 117 Å². The van der Waals surface area contributed by atoms with Gasteiger partial charge in [-0.2, -0.15) is 21.0 Å². The van der Waals surface area contributed by atoms with Crippen LogP contribution in [0.25, 0.3) is 0 Å². The minimum Gasteiger partial charge on any atom is -2.00 e. The number of carboxylic acid groups (broad SMARTS) is 4. The van der Waals surface area contributed by atoms with Gasteiger partial charge in [0.05, 0.1) is 47.0 Å². The summed E-state index contributed by atoms with van der Waals surface area (Å²) in [5.41, 5.74) is 16.7. The molecule has 95 heavy (non-hydrogen) atoms. The number of rotatable bonds is 8. The third kappa shape index (κ3) is 47.9. The minimum atomic E-state index is -1.08. The van der Waals surface area contributed by atoms with Gasteiger partial charge < -0.3 is 55.3 Å². The van der Waals surface area contributed by atoms with Crippen molar-refractivity contribution in [2.24, 2.45) is 20.0 Å². The van der Waals surface area contributed by atoms with Gasteiger partial charge in [0.1, 0.15) is 0 Å². The van der Waals surface area contributed by atoms with E-state index in [4.69, 9.17) is 60.7 Å². The molecule has 0 aliphatic rings. The fraction of sp³-hybridized carbons (Fsp3) is 0.333. The molecular weight excluding hydrogens is 1410 g/mol. The molecule has 0 saturated carbocycles. The number of hydrogen-bond donors (Lipinski definition) is 0. The number of para-hydroxylation sites is 4. The number of aryl methyl sites for hydroxylation is 8. The summed E-state index contributed by atoms with van der Waals surface area (Å²) in [6.07, 6.45) is 6.79. The van der Waals surface area contributed by atoms with Gasteiger partial charge >= 0.3 is 68.3 Å². The average molecular weight is 1490 g/mol. The third-order valence-electron chi connectivity index (χ3n) is 11.1. The van der Waals surface area contributed by atoms with E-state index in [9.17, 15) is 10.2 Å². The first-order valence-electron chi connectivity index (χ1n) is 27.8. The van der Waals surface area contributed by atoms with Crippen LogP contribution in [-0.2, 0) is 104 Å². The molecule has 6 aromatic rings. The Balaban J connectivity index is -0.000000154. The maximum absolute atomic E-state index is 13.2. The first-order chi connectivity index (χ1) is 41.7.